The van der Waals surface area contributed by atoms with Gasteiger partial charge in [0.1, 0.15) is 5.76 Å². The van der Waals surface area contributed by atoms with Gasteiger partial charge in [0.15, 0.2) is 0 Å². The van der Waals surface area contributed by atoms with Gasteiger partial charge in [-0.2, -0.15) is 0 Å². The van der Waals surface area contributed by atoms with Gasteiger partial charge in [-0.3, -0.25) is 0 Å². The molecule has 3 heteroatoms. The van der Waals surface area contributed by atoms with E-state index in [0.717, 1.165) is 5.76 Å². The van der Waals surface area contributed by atoms with Crippen molar-refractivity contribution in [1.82, 2.24) is 0 Å². The van der Waals surface area contributed by atoms with Crippen LogP contribution in [0.3, 0.4) is 0 Å². The maximum absolute atomic E-state index is 5.11. The first kappa shape index (κ1) is 13.3. The average Bonchev–Trinajstić information content (AvgIpc) is 2.17. The fourth-order valence-electron chi connectivity index (χ4n) is 1.23. The number of hydrogen-bond acceptors (Lipinski definition) is 1. The van der Waals surface area contributed by atoms with Gasteiger partial charge in [-0.15, -0.1) is 5.73 Å². The maximum Gasteiger partial charge on any atom is 0.118 e. The van der Waals surface area contributed by atoms with Crippen molar-refractivity contribution in [2.24, 2.45) is 0 Å². The molecule has 1 nitrogen and oxygen atoms in total. The molecule has 0 aromatic rings. The van der Waals surface area contributed by atoms with E-state index < -0.39 is 0 Å². The molecule has 0 saturated carbocycles. The summed E-state index contributed by atoms with van der Waals surface area (Å²) in [5, 5.41) is 0. The third kappa shape index (κ3) is 2.67. The number of allylic oxidation sites excluding steroid dienone is 6. The van der Waals surface area contributed by atoms with Gasteiger partial charge in [0.2, 0.25) is 0 Å². The van der Waals surface area contributed by atoms with Gasteiger partial charge in [0.25, 0.3) is 0 Å². The Morgan fingerprint density at radius 3 is 2.79 bits per heavy atom. The van der Waals surface area contributed by atoms with E-state index in [9.17, 15) is 0 Å². The maximum atomic E-state index is 5.11. The number of methoxy groups -OCH3 is 1. The van der Waals surface area contributed by atoms with Gasteiger partial charge in [0, 0.05) is 17.1 Å². The molecular formula is C11H9ClMnO-. The third-order valence-corrected chi connectivity index (χ3v) is 1.89. The summed E-state index contributed by atoms with van der Waals surface area (Å²) in [5.74, 6) is 2.09. The Labute approximate surface area is 101 Å². The second kappa shape index (κ2) is 5.95. The molecule has 0 spiro atoms. The van der Waals surface area contributed by atoms with Gasteiger partial charge < -0.3 is 17.1 Å². The van der Waals surface area contributed by atoms with E-state index >= 15 is 0 Å². The van der Waals surface area contributed by atoms with E-state index in [1.807, 2.05) is 36.5 Å². The van der Waals surface area contributed by atoms with Crippen LogP contribution in [0.15, 0.2) is 53.5 Å². The number of rotatable bonds is 1. The van der Waals surface area contributed by atoms with E-state index in [-0.39, 0.29) is 29.5 Å². The summed E-state index contributed by atoms with van der Waals surface area (Å²) < 4.78 is 5.11. The zero-order valence-corrected chi connectivity index (χ0v) is 9.56. The first-order valence-electron chi connectivity index (χ1n) is 3.84. The van der Waals surface area contributed by atoms with Crippen LogP contribution in [0.25, 0.3) is 0 Å². The average molecular weight is 248 g/mol. The molecule has 74 valence electrons. The van der Waals surface area contributed by atoms with E-state index in [4.69, 9.17) is 4.74 Å². The molecule has 0 fully saturated rings. The van der Waals surface area contributed by atoms with Crippen LogP contribution < -0.4 is 12.4 Å². The standard InChI is InChI=1S/C11H9O.ClH.Mn/c1-12-11-7-6-9-4-2-3-5-10(9)8-11;;/h3-8H,1H3;1H;/p-1. The zero-order valence-electron chi connectivity index (χ0n) is 7.63. The predicted molar refractivity (Wildman–Crippen MR) is 48.2 cm³/mol. The molecule has 14 heavy (non-hydrogen) atoms. The van der Waals surface area contributed by atoms with Gasteiger partial charge in [-0.25, -0.2) is 0 Å². The van der Waals surface area contributed by atoms with Crippen molar-refractivity contribution in [3.05, 3.63) is 59.4 Å². The molecule has 0 aliphatic heterocycles. The third-order valence-electron chi connectivity index (χ3n) is 1.89. The minimum Gasteiger partial charge on any atom is -1.00 e. The van der Waals surface area contributed by atoms with Crippen molar-refractivity contribution in [2.75, 3.05) is 7.11 Å². The van der Waals surface area contributed by atoms with E-state index in [1.54, 1.807) is 7.11 Å². The van der Waals surface area contributed by atoms with Crippen LogP contribution in [-0.2, 0) is 21.8 Å². The predicted octanol–water partition coefficient (Wildman–Crippen LogP) is -0.686. The van der Waals surface area contributed by atoms with Crippen LogP contribution in [0.2, 0.25) is 0 Å². The zero-order chi connectivity index (χ0) is 8.39. The molecule has 0 atom stereocenters. The number of halogens is 1. The number of ether oxygens (including phenoxy) is 1. The quantitative estimate of drug-likeness (QED) is 0.441. The number of hydrogen-bond donors (Lipinski definition) is 0. The van der Waals surface area contributed by atoms with Crippen LogP contribution in [0.1, 0.15) is 0 Å². The summed E-state index contributed by atoms with van der Waals surface area (Å²) in [7, 11) is 1.68. The Morgan fingerprint density at radius 1 is 1.29 bits per heavy atom. The summed E-state index contributed by atoms with van der Waals surface area (Å²) in [6, 6.07) is 0. The number of fused-ring (bicyclic) bond motifs is 1. The smallest absolute Gasteiger partial charge is 0.118 e. The summed E-state index contributed by atoms with van der Waals surface area (Å²) in [5.41, 5.74) is 4.22. The largest absolute Gasteiger partial charge is 1.00 e. The van der Waals surface area contributed by atoms with E-state index in [2.05, 4.69) is 5.73 Å². The Hall–Kier alpha value is -0.651. The van der Waals surface area contributed by atoms with Gasteiger partial charge >= 0.3 is 0 Å². The van der Waals surface area contributed by atoms with Crippen LogP contribution in [-0.4, -0.2) is 7.11 Å². The first-order valence-corrected chi connectivity index (χ1v) is 3.84. The van der Waals surface area contributed by atoms with Crippen molar-refractivity contribution in [2.45, 2.75) is 0 Å². The summed E-state index contributed by atoms with van der Waals surface area (Å²) >= 11 is 0. The molecule has 0 bridgehead atoms. The molecule has 0 unspecified atom stereocenters. The van der Waals surface area contributed by atoms with Crippen LogP contribution in [0.4, 0.5) is 0 Å². The van der Waals surface area contributed by atoms with Gasteiger partial charge in [-0.1, -0.05) is 6.08 Å². The molecule has 0 amide bonds. The molecule has 0 saturated heterocycles. The van der Waals surface area contributed by atoms with E-state index in [1.165, 1.54) is 11.5 Å². The topological polar surface area (TPSA) is 9.23 Å². The van der Waals surface area contributed by atoms with E-state index in [0.29, 0.717) is 0 Å². The summed E-state index contributed by atoms with van der Waals surface area (Å²) in [6.45, 7) is 0. The minimum absolute atomic E-state index is 0. The van der Waals surface area contributed by atoms with Gasteiger partial charge in [0.05, 0.1) is 13.0 Å². The molecule has 2 rings (SSSR count). The summed E-state index contributed by atoms with van der Waals surface area (Å²) in [6.07, 6.45) is 11.9. The van der Waals surface area contributed by atoms with Crippen LogP contribution in [0.5, 0.6) is 0 Å². The van der Waals surface area contributed by atoms with Crippen LogP contribution >= 0.6 is 0 Å². The van der Waals surface area contributed by atoms with Crippen molar-refractivity contribution >= 4 is 0 Å². The Bertz CT molecular complexity index is 346. The van der Waals surface area contributed by atoms with Crippen molar-refractivity contribution < 1.29 is 34.2 Å². The van der Waals surface area contributed by atoms with Crippen molar-refractivity contribution in [3.63, 3.8) is 0 Å². The molecule has 2 radical (unpaired) electrons. The fraction of sp³-hybridized carbons (Fsp3) is 0.0909. The first-order chi connectivity index (χ1) is 5.90. The molecule has 0 aromatic carbocycles. The van der Waals surface area contributed by atoms with Crippen LogP contribution in [0, 0.1) is 5.92 Å². The minimum atomic E-state index is 0. The van der Waals surface area contributed by atoms with Crippen molar-refractivity contribution in [3.8, 4) is 0 Å². The molecule has 2 aliphatic rings. The second-order valence-corrected chi connectivity index (χ2v) is 2.64. The van der Waals surface area contributed by atoms with Gasteiger partial charge in [-0.05, 0) is 36.0 Å². The molecule has 0 aromatic heterocycles. The normalized spacial score (nSPS) is 17.2. The molecule has 0 heterocycles. The monoisotopic (exact) mass is 247 g/mol. The fourth-order valence-corrected chi connectivity index (χ4v) is 1.23. The summed E-state index contributed by atoms with van der Waals surface area (Å²) in [4.78, 5) is 0. The van der Waals surface area contributed by atoms with Crippen molar-refractivity contribution in [1.29, 1.82) is 0 Å². The Morgan fingerprint density at radius 2 is 2.07 bits per heavy atom. The SMILES string of the molecule is COC1=CC2=CC=C=C[C]2C=C1.[Cl-].[Mn]. The second-order valence-electron chi connectivity index (χ2n) is 2.64. The molecule has 2 aliphatic carbocycles. The molecular weight excluding hydrogens is 239 g/mol. The molecule has 0 N–H and O–H groups in total. The Balaban J connectivity index is 0.000000845. The Kier molecular flexibility index (Phi) is 5.67.